The van der Waals surface area contributed by atoms with Gasteiger partial charge in [0.2, 0.25) is 11.8 Å². The molecule has 2 amide bonds. The summed E-state index contributed by atoms with van der Waals surface area (Å²) in [5.74, 6) is -0.216. The highest BCUT2D eigenvalue weighted by atomic mass is 16.2. The minimum absolute atomic E-state index is 0.108. The molecule has 4 heteroatoms. The van der Waals surface area contributed by atoms with E-state index in [2.05, 4.69) is 0 Å². The van der Waals surface area contributed by atoms with Gasteiger partial charge in [0.15, 0.2) is 0 Å². The second-order valence-electron chi connectivity index (χ2n) is 2.65. The molecule has 0 aromatic carbocycles. The van der Waals surface area contributed by atoms with Gasteiger partial charge in [-0.25, -0.2) is 0 Å². The van der Waals surface area contributed by atoms with Crippen LogP contribution in [0.4, 0.5) is 0 Å². The molecule has 0 spiro atoms. The molecule has 1 heterocycles. The number of hydrogen-bond acceptors (Lipinski definition) is 3. The van der Waals surface area contributed by atoms with E-state index in [0.717, 1.165) is 6.54 Å². The average molecular weight is 156 g/mol. The number of likely N-dealkylation sites (N-methyl/N-ethyl adjacent to an activating group) is 2. The Hall–Kier alpha value is -0.900. The van der Waals surface area contributed by atoms with Crippen LogP contribution in [-0.2, 0) is 9.59 Å². The second-order valence-corrected chi connectivity index (χ2v) is 2.65. The summed E-state index contributed by atoms with van der Waals surface area (Å²) in [7, 11) is 1.53. The number of nitrogens with zero attached hydrogens (tertiary/aromatic N) is 2. The van der Waals surface area contributed by atoms with E-state index in [1.54, 1.807) is 0 Å². The van der Waals surface area contributed by atoms with Gasteiger partial charge in [-0.3, -0.25) is 19.4 Å². The molecule has 1 aliphatic rings. The Bertz CT molecular complexity index is 173. The topological polar surface area (TPSA) is 40.6 Å². The highest BCUT2D eigenvalue weighted by Crippen LogP contribution is 2.00. The van der Waals surface area contributed by atoms with E-state index in [4.69, 9.17) is 0 Å². The third-order valence-corrected chi connectivity index (χ3v) is 1.91. The van der Waals surface area contributed by atoms with Crippen molar-refractivity contribution in [1.82, 2.24) is 9.80 Å². The third kappa shape index (κ3) is 1.57. The molecular formula is C7H12N2O2. The number of amides is 2. The van der Waals surface area contributed by atoms with Crippen molar-refractivity contribution in [3.05, 3.63) is 0 Å². The predicted molar refractivity (Wildman–Crippen MR) is 39.9 cm³/mol. The Morgan fingerprint density at radius 3 is 2.09 bits per heavy atom. The van der Waals surface area contributed by atoms with Crippen molar-refractivity contribution >= 4 is 11.8 Å². The maximum Gasteiger partial charge on any atom is 0.243 e. The van der Waals surface area contributed by atoms with Gasteiger partial charge in [0.1, 0.15) is 0 Å². The van der Waals surface area contributed by atoms with E-state index >= 15 is 0 Å². The Kier molecular flexibility index (Phi) is 2.24. The molecule has 1 aliphatic heterocycles. The molecule has 0 radical (unpaired) electrons. The van der Waals surface area contributed by atoms with Crippen molar-refractivity contribution in [2.24, 2.45) is 0 Å². The van der Waals surface area contributed by atoms with Crippen molar-refractivity contribution in [3.63, 3.8) is 0 Å². The lowest BCUT2D eigenvalue weighted by molar-refractivity contribution is -0.149. The zero-order valence-corrected chi connectivity index (χ0v) is 6.83. The smallest absolute Gasteiger partial charge is 0.243 e. The first-order valence-electron chi connectivity index (χ1n) is 3.67. The van der Waals surface area contributed by atoms with Gasteiger partial charge in [-0.1, -0.05) is 6.92 Å². The molecule has 1 rings (SSSR count). The second kappa shape index (κ2) is 3.00. The van der Waals surface area contributed by atoms with E-state index < -0.39 is 0 Å². The normalized spacial score (nSPS) is 21.1. The summed E-state index contributed by atoms with van der Waals surface area (Å²) < 4.78 is 0. The van der Waals surface area contributed by atoms with Crippen molar-refractivity contribution in [2.75, 3.05) is 26.7 Å². The van der Waals surface area contributed by atoms with Crippen LogP contribution in [0.1, 0.15) is 6.92 Å². The number of carbonyl (C=O) groups is 2. The summed E-state index contributed by atoms with van der Waals surface area (Å²) in [6, 6.07) is 0. The molecule has 0 aliphatic carbocycles. The highest BCUT2D eigenvalue weighted by Gasteiger charge is 2.26. The van der Waals surface area contributed by atoms with Crippen molar-refractivity contribution in [2.45, 2.75) is 6.92 Å². The Balaban J connectivity index is 2.62. The van der Waals surface area contributed by atoms with Crippen LogP contribution in [0.25, 0.3) is 0 Å². The number of rotatable bonds is 1. The molecule has 0 bridgehead atoms. The molecule has 1 saturated heterocycles. The third-order valence-electron chi connectivity index (χ3n) is 1.91. The summed E-state index contributed by atoms with van der Waals surface area (Å²) in [5.41, 5.74) is 0. The first-order chi connectivity index (χ1) is 5.15. The van der Waals surface area contributed by atoms with Crippen LogP contribution in [-0.4, -0.2) is 48.3 Å². The van der Waals surface area contributed by atoms with Gasteiger partial charge in [0, 0.05) is 7.05 Å². The molecule has 4 nitrogen and oxygen atoms in total. The Morgan fingerprint density at radius 1 is 1.27 bits per heavy atom. The number of imide groups is 1. The fourth-order valence-electron chi connectivity index (χ4n) is 1.01. The number of hydrogen-bond donors (Lipinski definition) is 0. The van der Waals surface area contributed by atoms with Crippen LogP contribution in [0.5, 0.6) is 0 Å². The van der Waals surface area contributed by atoms with E-state index in [1.807, 2.05) is 11.8 Å². The average Bonchev–Trinajstić information content (AvgIpc) is 1.99. The minimum atomic E-state index is -0.108. The molecule has 0 unspecified atom stereocenters. The largest absolute Gasteiger partial charge is 0.286 e. The molecule has 1 fully saturated rings. The Morgan fingerprint density at radius 2 is 1.73 bits per heavy atom. The molecule has 0 saturated carbocycles. The van der Waals surface area contributed by atoms with Crippen molar-refractivity contribution < 1.29 is 9.59 Å². The van der Waals surface area contributed by atoms with Gasteiger partial charge in [-0.15, -0.1) is 0 Å². The molecule has 0 N–H and O–H groups in total. The van der Waals surface area contributed by atoms with E-state index in [0.29, 0.717) is 13.1 Å². The van der Waals surface area contributed by atoms with Crippen LogP contribution in [0.3, 0.4) is 0 Å². The summed E-state index contributed by atoms with van der Waals surface area (Å²) in [4.78, 5) is 25.1. The summed E-state index contributed by atoms with van der Waals surface area (Å²) in [5, 5.41) is 0. The minimum Gasteiger partial charge on any atom is -0.286 e. The van der Waals surface area contributed by atoms with Gasteiger partial charge < -0.3 is 0 Å². The zero-order valence-electron chi connectivity index (χ0n) is 6.83. The quantitative estimate of drug-likeness (QED) is 0.472. The lowest BCUT2D eigenvalue weighted by atomic mass is 10.3. The van der Waals surface area contributed by atoms with Crippen molar-refractivity contribution in [3.8, 4) is 0 Å². The first-order valence-corrected chi connectivity index (χ1v) is 3.67. The molecular weight excluding hydrogens is 144 g/mol. The first kappa shape index (κ1) is 8.20. The number of piperazine rings is 1. The van der Waals surface area contributed by atoms with Gasteiger partial charge in [-0.2, -0.15) is 0 Å². The van der Waals surface area contributed by atoms with Gasteiger partial charge in [0.25, 0.3) is 0 Å². The van der Waals surface area contributed by atoms with Crippen LogP contribution in [0.15, 0.2) is 0 Å². The Labute approximate surface area is 65.8 Å². The van der Waals surface area contributed by atoms with Gasteiger partial charge in [0.05, 0.1) is 13.1 Å². The molecule has 0 aromatic heterocycles. The molecule has 0 aromatic rings. The van der Waals surface area contributed by atoms with Crippen molar-refractivity contribution in [1.29, 1.82) is 0 Å². The highest BCUT2D eigenvalue weighted by molar-refractivity contribution is 5.99. The lowest BCUT2D eigenvalue weighted by Gasteiger charge is -2.29. The maximum absolute atomic E-state index is 11.0. The SMILES string of the molecule is CCN1CC(=O)N(C)C(=O)C1. The number of carbonyl (C=O) groups excluding carboxylic acids is 2. The summed E-state index contributed by atoms with van der Waals surface area (Å²) >= 11 is 0. The van der Waals surface area contributed by atoms with Crippen LogP contribution in [0, 0.1) is 0 Å². The summed E-state index contributed by atoms with van der Waals surface area (Å²) in [6.45, 7) is 3.44. The molecule has 0 atom stereocenters. The molecule has 62 valence electrons. The fourth-order valence-corrected chi connectivity index (χ4v) is 1.01. The predicted octanol–water partition coefficient (Wildman–Crippen LogP) is -0.693. The van der Waals surface area contributed by atoms with Crippen LogP contribution < -0.4 is 0 Å². The van der Waals surface area contributed by atoms with Gasteiger partial charge >= 0.3 is 0 Å². The summed E-state index contributed by atoms with van der Waals surface area (Å²) in [6.07, 6.45) is 0. The zero-order chi connectivity index (χ0) is 8.43. The van der Waals surface area contributed by atoms with Gasteiger partial charge in [-0.05, 0) is 6.54 Å². The van der Waals surface area contributed by atoms with Crippen LogP contribution >= 0.6 is 0 Å². The van der Waals surface area contributed by atoms with Crippen LogP contribution in [0.2, 0.25) is 0 Å². The monoisotopic (exact) mass is 156 g/mol. The standard InChI is InChI=1S/C7H12N2O2/c1-3-9-4-6(10)8(2)7(11)5-9/h3-5H2,1-2H3. The van der Waals surface area contributed by atoms with E-state index in [1.165, 1.54) is 11.9 Å². The fraction of sp³-hybridized carbons (Fsp3) is 0.714. The van der Waals surface area contributed by atoms with E-state index in [9.17, 15) is 9.59 Å². The maximum atomic E-state index is 11.0. The lowest BCUT2D eigenvalue weighted by Crippen LogP contribution is -2.51. The molecule has 11 heavy (non-hydrogen) atoms. The van der Waals surface area contributed by atoms with E-state index in [-0.39, 0.29) is 11.8 Å².